The number of hydrogen-bond donors (Lipinski definition) is 0. The monoisotopic (exact) mass is 247 g/mol. The molecule has 5 nitrogen and oxygen atoms in total. The summed E-state index contributed by atoms with van der Waals surface area (Å²) in [5, 5.41) is 8.86. The van der Waals surface area contributed by atoms with Gasteiger partial charge < -0.3 is 9.32 Å². The van der Waals surface area contributed by atoms with Gasteiger partial charge in [-0.3, -0.25) is 9.69 Å². The molecule has 0 aromatic carbocycles. The number of rotatable bonds is 2. The molecule has 0 bridgehead atoms. The van der Waals surface area contributed by atoms with Crippen LogP contribution in [0.2, 0.25) is 0 Å². The molecule has 1 aromatic rings. The van der Waals surface area contributed by atoms with Crippen molar-refractivity contribution < 1.29 is 9.21 Å². The average molecular weight is 247 g/mol. The maximum absolute atomic E-state index is 12.1. The Morgan fingerprint density at radius 2 is 2.11 bits per heavy atom. The van der Waals surface area contributed by atoms with E-state index in [2.05, 4.69) is 11.0 Å². The smallest absolute Gasteiger partial charge is 0.257 e. The van der Waals surface area contributed by atoms with Crippen molar-refractivity contribution in [1.29, 1.82) is 5.26 Å². The molecule has 0 aliphatic carbocycles. The van der Waals surface area contributed by atoms with Crippen molar-refractivity contribution in [3.05, 3.63) is 23.7 Å². The van der Waals surface area contributed by atoms with Crippen LogP contribution in [-0.2, 0) is 0 Å². The van der Waals surface area contributed by atoms with Crippen molar-refractivity contribution in [3.63, 3.8) is 0 Å². The molecule has 1 aromatic heterocycles. The lowest BCUT2D eigenvalue weighted by atomic mass is 10.2. The number of aryl methyl sites for hydroxylation is 1. The topological polar surface area (TPSA) is 60.5 Å². The van der Waals surface area contributed by atoms with Crippen LogP contribution in [0.15, 0.2) is 16.7 Å². The number of hydrogen-bond acceptors (Lipinski definition) is 4. The van der Waals surface area contributed by atoms with Crippen LogP contribution in [0.3, 0.4) is 0 Å². The number of carbonyl (C=O) groups is 1. The maximum atomic E-state index is 12.1. The van der Waals surface area contributed by atoms with E-state index < -0.39 is 0 Å². The lowest BCUT2D eigenvalue weighted by Gasteiger charge is -2.35. The number of carbonyl (C=O) groups excluding carboxylic acids is 1. The van der Waals surface area contributed by atoms with Crippen LogP contribution in [-0.4, -0.2) is 47.9 Å². The molecule has 0 spiro atoms. The summed E-state index contributed by atoms with van der Waals surface area (Å²) in [6.07, 6.45) is 1.50. The van der Waals surface area contributed by atoms with Crippen LogP contribution in [0.4, 0.5) is 0 Å². The summed E-state index contributed by atoms with van der Waals surface area (Å²) in [6.45, 7) is 6.53. The van der Waals surface area contributed by atoms with Gasteiger partial charge in [0.1, 0.15) is 12.0 Å². The van der Waals surface area contributed by atoms with Gasteiger partial charge in [0.05, 0.1) is 17.7 Å². The first-order valence-corrected chi connectivity index (χ1v) is 6.10. The summed E-state index contributed by atoms with van der Waals surface area (Å²) < 4.78 is 5.15. The van der Waals surface area contributed by atoms with Crippen molar-refractivity contribution in [2.24, 2.45) is 0 Å². The zero-order chi connectivity index (χ0) is 13.1. The molecule has 1 amide bonds. The Balaban J connectivity index is 1.94. The van der Waals surface area contributed by atoms with Crippen LogP contribution >= 0.6 is 0 Å². The van der Waals surface area contributed by atoms with E-state index in [1.54, 1.807) is 6.07 Å². The Bertz CT molecular complexity index is 467. The predicted octanol–water partition coefficient (Wildman–Crippen LogP) is 1.26. The third-order valence-electron chi connectivity index (χ3n) is 3.31. The summed E-state index contributed by atoms with van der Waals surface area (Å²) in [5.41, 5.74) is 0.606. The van der Waals surface area contributed by atoms with E-state index in [1.807, 2.05) is 18.7 Å². The fourth-order valence-corrected chi connectivity index (χ4v) is 2.13. The first-order valence-electron chi connectivity index (χ1n) is 6.10. The third-order valence-corrected chi connectivity index (χ3v) is 3.31. The predicted molar refractivity (Wildman–Crippen MR) is 66.0 cm³/mol. The minimum Gasteiger partial charge on any atom is -0.469 e. The van der Waals surface area contributed by atoms with Crippen LogP contribution in [0.1, 0.15) is 23.0 Å². The lowest BCUT2D eigenvalue weighted by Crippen LogP contribution is -2.51. The number of amides is 1. The molecule has 0 saturated carbocycles. The Morgan fingerprint density at radius 3 is 2.61 bits per heavy atom. The van der Waals surface area contributed by atoms with Gasteiger partial charge in [0.25, 0.3) is 5.91 Å². The molecule has 1 unspecified atom stereocenters. The summed E-state index contributed by atoms with van der Waals surface area (Å²) >= 11 is 0. The minimum absolute atomic E-state index is 0.0103. The van der Waals surface area contributed by atoms with E-state index in [0.717, 1.165) is 18.8 Å². The van der Waals surface area contributed by atoms with Crippen molar-refractivity contribution in [1.82, 2.24) is 9.80 Å². The summed E-state index contributed by atoms with van der Waals surface area (Å²) in [7, 11) is 0. The Labute approximate surface area is 107 Å². The molecule has 18 heavy (non-hydrogen) atoms. The Morgan fingerprint density at radius 1 is 1.44 bits per heavy atom. The first-order chi connectivity index (χ1) is 8.61. The largest absolute Gasteiger partial charge is 0.469 e. The maximum Gasteiger partial charge on any atom is 0.257 e. The quantitative estimate of drug-likeness (QED) is 0.789. The molecule has 1 aliphatic heterocycles. The summed E-state index contributed by atoms with van der Waals surface area (Å²) in [4.78, 5) is 16.0. The average Bonchev–Trinajstić information content (AvgIpc) is 2.84. The molecule has 5 heteroatoms. The van der Waals surface area contributed by atoms with Gasteiger partial charge in [0, 0.05) is 26.2 Å². The second-order valence-corrected chi connectivity index (χ2v) is 4.58. The highest BCUT2D eigenvalue weighted by molar-refractivity contribution is 5.94. The van der Waals surface area contributed by atoms with Gasteiger partial charge >= 0.3 is 0 Å². The summed E-state index contributed by atoms with van der Waals surface area (Å²) in [6, 6.07) is 3.89. The lowest BCUT2D eigenvalue weighted by molar-refractivity contribution is 0.0615. The second-order valence-electron chi connectivity index (χ2n) is 4.58. The van der Waals surface area contributed by atoms with E-state index in [4.69, 9.17) is 9.68 Å². The second kappa shape index (κ2) is 5.23. The third kappa shape index (κ3) is 2.54. The minimum atomic E-state index is -0.0848. The van der Waals surface area contributed by atoms with Gasteiger partial charge in [-0.25, -0.2) is 0 Å². The van der Waals surface area contributed by atoms with Crippen LogP contribution in [0, 0.1) is 18.3 Å². The molecular formula is C13H17N3O2. The molecule has 0 radical (unpaired) electrons. The zero-order valence-corrected chi connectivity index (χ0v) is 10.7. The SMILES string of the molecule is Cc1cc(C(=O)N2CCN(C(C)C#N)CC2)co1. The molecule has 1 saturated heterocycles. The first kappa shape index (κ1) is 12.7. The fraction of sp³-hybridized carbons (Fsp3) is 0.538. The van der Waals surface area contributed by atoms with Crippen molar-refractivity contribution >= 4 is 5.91 Å². The molecular weight excluding hydrogens is 230 g/mol. The van der Waals surface area contributed by atoms with Crippen LogP contribution in [0.25, 0.3) is 0 Å². The highest BCUT2D eigenvalue weighted by Crippen LogP contribution is 2.12. The molecule has 2 rings (SSSR count). The molecule has 1 fully saturated rings. The molecule has 96 valence electrons. The highest BCUT2D eigenvalue weighted by atomic mass is 16.3. The molecule has 1 aliphatic rings. The van der Waals surface area contributed by atoms with Crippen LogP contribution < -0.4 is 0 Å². The fourth-order valence-electron chi connectivity index (χ4n) is 2.13. The van der Waals surface area contributed by atoms with Crippen LogP contribution in [0.5, 0.6) is 0 Å². The zero-order valence-electron chi connectivity index (χ0n) is 10.7. The number of nitrogens with zero attached hydrogens (tertiary/aromatic N) is 3. The van der Waals surface area contributed by atoms with Gasteiger partial charge in [0.15, 0.2) is 0 Å². The highest BCUT2D eigenvalue weighted by Gasteiger charge is 2.25. The Kier molecular flexibility index (Phi) is 3.68. The van der Waals surface area contributed by atoms with E-state index in [9.17, 15) is 4.79 Å². The number of piperazine rings is 1. The normalized spacial score (nSPS) is 18.4. The van der Waals surface area contributed by atoms with Crippen molar-refractivity contribution in [2.45, 2.75) is 19.9 Å². The van der Waals surface area contributed by atoms with E-state index in [0.29, 0.717) is 18.7 Å². The molecule has 0 N–H and O–H groups in total. The molecule has 2 heterocycles. The van der Waals surface area contributed by atoms with Crippen molar-refractivity contribution in [3.8, 4) is 6.07 Å². The number of furan rings is 1. The van der Waals surface area contributed by atoms with Crippen molar-refractivity contribution in [2.75, 3.05) is 26.2 Å². The molecule has 1 atom stereocenters. The standard InChI is InChI=1S/C13H17N3O2/c1-10(8-14)15-3-5-16(6-4-15)13(17)12-7-11(2)18-9-12/h7,9-10H,3-6H2,1-2H3. The van der Waals surface area contributed by atoms with Gasteiger partial charge in [0.2, 0.25) is 0 Å². The Hall–Kier alpha value is -1.80. The van der Waals surface area contributed by atoms with E-state index in [1.165, 1.54) is 6.26 Å². The van der Waals surface area contributed by atoms with Gasteiger partial charge in [-0.05, 0) is 19.9 Å². The van der Waals surface area contributed by atoms with Gasteiger partial charge in [-0.1, -0.05) is 0 Å². The van der Waals surface area contributed by atoms with E-state index in [-0.39, 0.29) is 11.9 Å². The van der Waals surface area contributed by atoms with Gasteiger partial charge in [-0.15, -0.1) is 0 Å². The number of nitriles is 1. The van der Waals surface area contributed by atoms with E-state index >= 15 is 0 Å². The van der Waals surface area contributed by atoms with Gasteiger partial charge in [-0.2, -0.15) is 5.26 Å². The summed E-state index contributed by atoms with van der Waals surface area (Å²) in [5.74, 6) is 0.756.